The molecule has 29 heavy (non-hydrogen) atoms. The van der Waals surface area contributed by atoms with E-state index >= 15 is 0 Å². The fraction of sp³-hybridized carbons (Fsp3) is 0.550. The Morgan fingerprint density at radius 3 is 2.45 bits per heavy atom. The number of benzene rings is 1. The molecule has 0 atom stereocenters. The van der Waals surface area contributed by atoms with Crippen LogP contribution in [-0.4, -0.2) is 68.7 Å². The normalized spacial score (nSPS) is 11.1. The van der Waals surface area contributed by atoms with Crippen LogP contribution >= 0.6 is 22.6 Å². The number of alkyl halides is 1. The summed E-state index contributed by atoms with van der Waals surface area (Å²) in [4.78, 5) is 20.9. The van der Waals surface area contributed by atoms with Crippen molar-refractivity contribution in [2.75, 3.05) is 52.9 Å². The van der Waals surface area contributed by atoms with E-state index in [2.05, 4.69) is 37.9 Å². The highest BCUT2D eigenvalue weighted by Crippen LogP contribution is 2.13. The number of rotatable bonds is 15. The lowest BCUT2D eigenvalue weighted by atomic mass is 10.2. The van der Waals surface area contributed by atoms with Gasteiger partial charge in [-0.2, -0.15) is 0 Å². The first kappa shape index (κ1) is 23.8. The Morgan fingerprint density at radius 1 is 0.966 bits per heavy atom. The van der Waals surface area contributed by atoms with E-state index in [9.17, 15) is 9.18 Å². The lowest BCUT2D eigenvalue weighted by Gasteiger charge is -2.07. The molecule has 1 heterocycles. The van der Waals surface area contributed by atoms with Crippen molar-refractivity contribution in [1.29, 1.82) is 0 Å². The van der Waals surface area contributed by atoms with Crippen LogP contribution in [0.3, 0.4) is 0 Å². The van der Waals surface area contributed by atoms with E-state index in [1.165, 1.54) is 6.20 Å². The number of nitrogens with one attached hydrogen (secondary N) is 1. The molecule has 1 aromatic carbocycles. The van der Waals surface area contributed by atoms with Gasteiger partial charge in [0.15, 0.2) is 0 Å². The van der Waals surface area contributed by atoms with Gasteiger partial charge < -0.3 is 19.5 Å². The van der Waals surface area contributed by atoms with Crippen molar-refractivity contribution >= 4 is 39.5 Å². The first-order valence-electron chi connectivity index (χ1n) is 9.70. The molecule has 0 spiro atoms. The molecular formula is C20H27FIN3O4. The van der Waals surface area contributed by atoms with Crippen LogP contribution in [0.1, 0.15) is 29.8 Å². The van der Waals surface area contributed by atoms with E-state index in [1.54, 1.807) is 0 Å². The van der Waals surface area contributed by atoms with Gasteiger partial charge in [0, 0.05) is 16.7 Å². The van der Waals surface area contributed by atoms with Gasteiger partial charge in [0.25, 0.3) is 5.91 Å². The molecule has 0 aliphatic heterocycles. The fourth-order valence-corrected chi connectivity index (χ4v) is 2.96. The first-order valence-corrected chi connectivity index (χ1v) is 10.8. The molecule has 9 heteroatoms. The molecule has 0 saturated carbocycles. The molecule has 0 saturated heterocycles. The number of halogens is 2. The van der Waals surface area contributed by atoms with Crippen LogP contribution in [0.2, 0.25) is 0 Å². The number of carbonyl (C=O) groups excluding carboxylic acids is 1. The average molecular weight is 517 g/mol. The zero-order valence-electron chi connectivity index (χ0n) is 16.4. The highest BCUT2D eigenvalue weighted by atomic mass is 125. The molecule has 0 aliphatic carbocycles. The molecule has 1 aromatic heterocycles. The van der Waals surface area contributed by atoms with Crippen molar-refractivity contribution in [3.05, 3.63) is 33.7 Å². The second kappa shape index (κ2) is 14.5. The van der Waals surface area contributed by atoms with E-state index < -0.39 is 6.67 Å². The second-order valence-corrected chi connectivity index (χ2v) is 7.48. The summed E-state index contributed by atoms with van der Waals surface area (Å²) >= 11 is 2.22. The Hall–Kier alpha value is -1.43. The maximum atomic E-state index is 12.2. The molecule has 0 aliphatic rings. The second-order valence-electron chi connectivity index (χ2n) is 6.23. The lowest BCUT2D eigenvalue weighted by molar-refractivity contribution is 0.0117. The largest absolute Gasteiger partial charge is 0.379 e. The summed E-state index contributed by atoms with van der Waals surface area (Å²) in [5, 5.41) is 2.88. The van der Waals surface area contributed by atoms with Crippen LogP contribution in [-0.2, 0) is 14.2 Å². The van der Waals surface area contributed by atoms with Gasteiger partial charge in [0.2, 0.25) is 0 Å². The molecule has 2 rings (SSSR count). The van der Waals surface area contributed by atoms with E-state index in [4.69, 9.17) is 14.2 Å². The van der Waals surface area contributed by atoms with E-state index in [0.29, 0.717) is 50.8 Å². The topological polar surface area (TPSA) is 82.6 Å². The summed E-state index contributed by atoms with van der Waals surface area (Å²) in [5.74, 6) is -0.207. The maximum Gasteiger partial charge on any atom is 0.271 e. The predicted octanol–water partition coefficient (Wildman–Crippen LogP) is 3.15. The smallest absolute Gasteiger partial charge is 0.271 e. The molecule has 0 fully saturated rings. The minimum Gasteiger partial charge on any atom is -0.379 e. The van der Waals surface area contributed by atoms with Gasteiger partial charge in [0.1, 0.15) is 12.4 Å². The fourth-order valence-electron chi connectivity index (χ4n) is 2.49. The van der Waals surface area contributed by atoms with E-state index in [1.807, 2.05) is 18.2 Å². The van der Waals surface area contributed by atoms with Crippen molar-refractivity contribution < 1.29 is 23.4 Å². The van der Waals surface area contributed by atoms with Gasteiger partial charge >= 0.3 is 0 Å². The number of aromatic nitrogens is 2. The molecule has 0 bridgehead atoms. The average Bonchev–Trinajstić information content (AvgIpc) is 2.73. The summed E-state index contributed by atoms with van der Waals surface area (Å²) in [6.45, 7) is 2.78. The lowest BCUT2D eigenvalue weighted by Crippen LogP contribution is -2.25. The van der Waals surface area contributed by atoms with E-state index in [0.717, 1.165) is 28.3 Å². The molecule has 1 amide bonds. The monoisotopic (exact) mass is 517 g/mol. The maximum absolute atomic E-state index is 12.2. The van der Waals surface area contributed by atoms with Crippen LogP contribution in [0.25, 0.3) is 11.0 Å². The third-order valence-electron chi connectivity index (χ3n) is 3.95. The quantitative estimate of drug-likeness (QED) is 0.289. The van der Waals surface area contributed by atoms with Gasteiger partial charge in [0.05, 0.1) is 50.3 Å². The molecule has 1 N–H and O–H groups in total. The van der Waals surface area contributed by atoms with Crippen molar-refractivity contribution in [2.24, 2.45) is 0 Å². The third-order valence-corrected chi connectivity index (χ3v) is 4.62. The number of hydrogen-bond acceptors (Lipinski definition) is 6. The number of nitrogens with zero attached hydrogens (tertiary/aromatic N) is 2. The van der Waals surface area contributed by atoms with E-state index in [-0.39, 0.29) is 12.5 Å². The SMILES string of the molecule is O=C(NCCCCCOCCOCCOCCF)c1cnc2cc([125I])ccc2n1. The molecular weight excluding hydrogens is 490 g/mol. The van der Waals surface area contributed by atoms with Crippen LogP contribution in [0, 0.1) is 3.57 Å². The summed E-state index contributed by atoms with van der Waals surface area (Å²) in [7, 11) is 0. The van der Waals surface area contributed by atoms with Crippen LogP contribution in [0.5, 0.6) is 0 Å². The summed E-state index contributed by atoms with van der Waals surface area (Å²) in [5.41, 5.74) is 1.83. The summed E-state index contributed by atoms with van der Waals surface area (Å²) in [6, 6.07) is 5.74. The van der Waals surface area contributed by atoms with Gasteiger partial charge in [-0.05, 0) is 60.1 Å². The number of ether oxygens (including phenoxy) is 3. The van der Waals surface area contributed by atoms with Crippen LogP contribution in [0.15, 0.2) is 24.4 Å². The first-order chi connectivity index (χ1) is 14.2. The van der Waals surface area contributed by atoms with Crippen molar-refractivity contribution in [2.45, 2.75) is 19.3 Å². The number of hydrogen-bond donors (Lipinski definition) is 1. The molecule has 7 nitrogen and oxygen atoms in total. The van der Waals surface area contributed by atoms with Gasteiger partial charge in [-0.15, -0.1) is 0 Å². The summed E-state index contributed by atoms with van der Waals surface area (Å²) < 4.78 is 28.6. The van der Waals surface area contributed by atoms with Crippen LogP contribution in [0.4, 0.5) is 4.39 Å². The summed E-state index contributed by atoms with van der Waals surface area (Å²) in [6.07, 6.45) is 4.26. The number of fused-ring (bicyclic) bond motifs is 1. The standard InChI is InChI=1S/C20H27FIN3O4/c21-6-9-28-11-13-29-12-10-27-8-3-1-2-7-23-20(26)19-15-24-18-14-16(22)4-5-17(18)25-19/h4-5,14-15H,1-3,6-13H2,(H,23,26)/i22-2. The number of carbonyl (C=O) groups is 1. The zero-order valence-corrected chi connectivity index (χ0v) is 18.5. The molecule has 0 radical (unpaired) electrons. The van der Waals surface area contributed by atoms with Crippen molar-refractivity contribution in [1.82, 2.24) is 15.3 Å². The highest BCUT2D eigenvalue weighted by molar-refractivity contribution is 14.1. The Balaban J connectivity index is 1.47. The van der Waals surface area contributed by atoms with Gasteiger partial charge in [-0.1, -0.05) is 0 Å². The third kappa shape index (κ3) is 9.75. The molecule has 0 unspecified atom stereocenters. The minimum atomic E-state index is -0.468. The Kier molecular flexibility index (Phi) is 12.0. The number of amides is 1. The Bertz CT molecular complexity index is 751. The predicted molar refractivity (Wildman–Crippen MR) is 117 cm³/mol. The van der Waals surface area contributed by atoms with Crippen LogP contribution < -0.4 is 5.32 Å². The Labute approximate surface area is 183 Å². The minimum absolute atomic E-state index is 0.120. The highest BCUT2D eigenvalue weighted by Gasteiger charge is 2.08. The molecule has 2 aromatic rings. The van der Waals surface area contributed by atoms with Gasteiger partial charge in [-0.3, -0.25) is 9.78 Å². The number of unbranched alkanes of at least 4 members (excludes halogenated alkanes) is 2. The zero-order chi connectivity index (χ0) is 20.7. The Morgan fingerprint density at radius 2 is 1.69 bits per heavy atom. The van der Waals surface area contributed by atoms with Crippen molar-refractivity contribution in [3.63, 3.8) is 0 Å². The van der Waals surface area contributed by atoms with Gasteiger partial charge in [-0.25, -0.2) is 9.37 Å². The molecule has 160 valence electrons. The van der Waals surface area contributed by atoms with Crippen molar-refractivity contribution in [3.8, 4) is 0 Å².